The highest BCUT2D eigenvalue weighted by molar-refractivity contribution is 7.99. The number of anilines is 2. The van der Waals surface area contributed by atoms with E-state index in [0.29, 0.717) is 22.3 Å². The van der Waals surface area contributed by atoms with Gasteiger partial charge in [-0.05, 0) is 47.2 Å². The zero-order chi connectivity index (χ0) is 20.8. The molecule has 0 aliphatic rings. The van der Waals surface area contributed by atoms with E-state index < -0.39 is 0 Å². The van der Waals surface area contributed by atoms with E-state index in [-0.39, 0.29) is 17.6 Å². The minimum Gasteiger partial charge on any atom is -0.495 e. The summed E-state index contributed by atoms with van der Waals surface area (Å²) in [5.74, 6) is 0.126. The Morgan fingerprint density at radius 1 is 1.17 bits per heavy atom. The molecule has 9 nitrogen and oxygen atoms in total. The summed E-state index contributed by atoms with van der Waals surface area (Å²) in [5, 5.41) is 17.7. The number of hydrogen-bond donors (Lipinski definition) is 2. The molecule has 10 heteroatoms. The maximum atomic E-state index is 12.5. The minimum atomic E-state index is -0.257. The first-order valence-electron chi connectivity index (χ1n) is 8.70. The normalized spacial score (nSPS) is 10.4. The van der Waals surface area contributed by atoms with Gasteiger partial charge in [-0.2, -0.15) is 4.68 Å². The van der Waals surface area contributed by atoms with Crippen molar-refractivity contribution in [2.45, 2.75) is 19.0 Å². The molecule has 0 atom stereocenters. The Morgan fingerprint density at radius 2 is 1.97 bits per heavy atom. The fourth-order valence-electron chi connectivity index (χ4n) is 2.62. The lowest BCUT2D eigenvalue weighted by Crippen LogP contribution is -2.16. The molecule has 0 aliphatic carbocycles. The fourth-order valence-corrected chi connectivity index (χ4v) is 3.31. The van der Waals surface area contributed by atoms with Gasteiger partial charge in [-0.15, -0.1) is 5.10 Å². The number of benzene rings is 2. The van der Waals surface area contributed by atoms with Gasteiger partial charge in [0.2, 0.25) is 17.0 Å². The first-order chi connectivity index (χ1) is 14.0. The topological polar surface area (TPSA) is 111 Å². The van der Waals surface area contributed by atoms with Crippen molar-refractivity contribution in [3.8, 4) is 11.4 Å². The van der Waals surface area contributed by atoms with Gasteiger partial charge in [0.25, 0.3) is 0 Å². The van der Waals surface area contributed by atoms with E-state index in [1.54, 1.807) is 22.9 Å². The Kier molecular flexibility index (Phi) is 6.45. The molecular weight excluding hydrogens is 392 g/mol. The number of tetrazole rings is 1. The van der Waals surface area contributed by atoms with Gasteiger partial charge in [-0.25, -0.2) is 0 Å². The van der Waals surface area contributed by atoms with Crippen LogP contribution in [0.5, 0.6) is 5.75 Å². The van der Waals surface area contributed by atoms with E-state index in [0.717, 1.165) is 11.3 Å². The number of hydrogen-bond acceptors (Lipinski definition) is 7. The highest BCUT2D eigenvalue weighted by Crippen LogP contribution is 2.28. The van der Waals surface area contributed by atoms with Gasteiger partial charge in [0.1, 0.15) is 5.75 Å². The number of aryl methyl sites for hydroxylation is 1. The van der Waals surface area contributed by atoms with Gasteiger partial charge < -0.3 is 15.4 Å². The molecule has 29 heavy (non-hydrogen) atoms. The highest BCUT2D eigenvalue weighted by atomic mass is 32.2. The number of nitrogens with one attached hydrogen (secondary N) is 2. The molecule has 0 unspecified atom stereocenters. The molecule has 0 aliphatic heterocycles. The Morgan fingerprint density at radius 3 is 2.69 bits per heavy atom. The molecule has 3 rings (SSSR count). The first kappa shape index (κ1) is 20.3. The second-order valence-corrected chi connectivity index (χ2v) is 7.04. The summed E-state index contributed by atoms with van der Waals surface area (Å²) in [4.78, 5) is 23.7. The third-order valence-electron chi connectivity index (χ3n) is 3.91. The SMILES string of the molecule is COc1ccc(NC(C)=O)cc1NC(=O)CSc1nnnn1-c1ccccc1C. The lowest BCUT2D eigenvalue weighted by atomic mass is 10.2. The molecule has 2 aromatic carbocycles. The number of ether oxygens (including phenoxy) is 1. The number of carbonyl (C=O) groups excluding carboxylic acids is 2. The number of thioether (sulfide) groups is 1. The number of rotatable bonds is 7. The first-order valence-corrected chi connectivity index (χ1v) is 9.69. The second kappa shape index (κ2) is 9.20. The third kappa shape index (κ3) is 5.11. The summed E-state index contributed by atoms with van der Waals surface area (Å²) in [5.41, 5.74) is 2.89. The summed E-state index contributed by atoms with van der Waals surface area (Å²) >= 11 is 1.22. The number of methoxy groups -OCH3 is 1. The largest absolute Gasteiger partial charge is 0.495 e. The predicted molar refractivity (Wildman–Crippen MR) is 111 cm³/mol. The Balaban J connectivity index is 1.69. The molecule has 1 heterocycles. The molecule has 2 amide bonds. The molecule has 0 fully saturated rings. The van der Waals surface area contributed by atoms with Crippen LogP contribution in [0.2, 0.25) is 0 Å². The van der Waals surface area contributed by atoms with Gasteiger partial charge in [0.05, 0.1) is 24.2 Å². The quantitative estimate of drug-likeness (QED) is 0.574. The van der Waals surface area contributed by atoms with Crippen molar-refractivity contribution < 1.29 is 14.3 Å². The van der Waals surface area contributed by atoms with E-state index in [1.165, 1.54) is 25.8 Å². The average molecular weight is 412 g/mol. The molecule has 150 valence electrons. The summed E-state index contributed by atoms with van der Waals surface area (Å²) in [6, 6.07) is 12.7. The predicted octanol–water partition coefficient (Wildman–Crippen LogP) is 2.67. The number of aromatic nitrogens is 4. The van der Waals surface area contributed by atoms with Gasteiger partial charge in [0.15, 0.2) is 0 Å². The van der Waals surface area contributed by atoms with Crippen molar-refractivity contribution in [3.63, 3.8) is 0 Å². The minimum absolute atomic E-state index is 0.0970. The van der Waals surface area contributed by atoms with E-state index >= 15 is 0 Å². The maximum absolute atomic E-state index is 12.5. The number of amides is 2. The van der Waals surface area contributed by atoms with Crippen molar-refractivity contribution in [1.29, 1.82) is 0 Å². The second-order valence-electron chi connectivity index (χ2n) is 6.09. The summed E-state index contributed by atoms with van der Waals surface area (Å²) < 4.78 is 6.88. The van der Waals surface area contributed by atoms with Crippen LogP contribution in [0, 0.1) is 6.92 Å². The Labute approximate surface area is 171 Å². The highest BCUT2D eigenvalue weighted by Gasteiger charge is 2.14. The van der Waals surface area contributed by atoms with Crippen LogP contribution in [0.25, 0.3) is 5.69 Å². The van der Waals surface area contributed by atoms with Crippen LogP contribution in [0.3, 0.4) is 0 Å². The van der Waals surface area contributed by atoms with Crippen molar-refractivity contribution in [1.82, 2.24) is 20.2 Å². The zero-order valence-electron chi connectivity index (χ0n) is 16.2. The fraction of sp³-hybridized carbons (Fsp3) is 0.211. The Hall–Kier alpha value is -3.40. The van der Waals surface area contributed by atoms with E-state index in [2.05, 4.69) is 26.2 Å². The van der Waals surface area contributed by atoms with Crippen LogP contribution in [0.4, 0.5) is 11.4 Å². The standard InChI is InChI=1S/C19H20N6O3S/c1-12-6-4-5-7-16(12)25-19(22-23-24-25)29-11-18(27)21-15-10-14(20-13(2)26)8-9-17(15)28-3/h4-10H,11H2,1-3H3,(H,20,26)(H,21,27). The van der Waals surface area contributed by atoms with Gasteiger partial charge >= 0.3 is 0 Å². The molecule has 0 radical (unpaired) electrons. The van der Waals surface area contributed by atoms with Crippen LogP contribution in [0.15, 0.2) is 47.6 Å². The molecule has 0 saturated carbocycles. The summed E-state index contributed by atoms with van der Waals surface area (Å²) in [6.07, 6.45) is 0. The summed E-state index contributed by atoms with van der Waals surface area (Å²) in [7, 11) is 1.51. The van der Waals surface area contributed by atoms with Crippen LogP contribution in [-0.2, 0) is 9.59 Å². The monoisotopic (exact) mass is 412 g/mol. The van der Waals surface area contributed by atoms with Crippen molar-refractivity contribution in [2.24, 2.45) is 0 Å². The van der Waals surface area contributed by atoms with Crippen LogP contribution in [0.1, 0.15) is 12.5 Å². The molecule has 1 aromatic heterocycles. The van der Waals surface area contributed by atoms with E-state index in [4.69, 9.17) is 4.74 Å². The molecule has 0 saturated heterocycles. The van der Waals surface area contributed by atoms with E-state index in [1.807, 2.05) is 31.2 Å². The van der Waals surface area contributed by atoms with Crippen molar-refractivity contribution in [3.05, 3.63) is 48.0 Å². The summed E-state index contributed by atoms with van der Waals surface area (Å²) in [6.45, 7) is 3.38. The molecular formula is C19H20N6O3S. The van der Waals surface area contributed by atoms with Crippen LogP contribution >= 0.6 is 11.8 Å². The third-order valence-corrected chi connectivity index (χ3v) is 4.83. The number of carbonyl (C=O) groups is 2. The van der Waals surface area contributed by atoms with Crippen molar-refractivity contribution in [2.75, 3.05) is 23.5 Å². The Bertz CT molecular complexity index is 1040. The van der Waals surface area contributed by atoms with Crippen LogP contribution in [-0.4, -0.2) is 44.9 Å². The van der Waals surface area contributed by atoms with Crippen molar-refractivity contribution >= 4 is 35.0 Å². The number of para-hydroxylation sites is 1. The van der Waals surface area contributed by atoms with Gasteiger partial charge in [-0.1, -0.05) is 30.0 Å². The number of nitrogens with zero attached hydrogens (tertiary/aromatic N) is 4. The smallest absolute Gasteiger partial charge is 0.234 e. The molecule has 0 spiro atoms. The average Bonchev–Trinajstić information content (AvgIpc) is 3.15. The maximum Gasteiger partial charge on any atom is 0.234 e. The lowest BCUT2D eigenvalue weighted by molar-refractivity contribution is -0.114. The molecule has 2 N–H and O–H groups in total. The van der Waals surface area contributed by atoms with Gasteiger partial charge in [-0.3, -0.25) is 9.59 Å². The zero-order valence-corrected chi connectivity index (χ0v) is 17.0. The van der Waals surface area contributed by atoms with Crippen LogP contribution < -0.4 is 15.4 Å². The van der Waals surface area contributed by atoms with Gasteiger partial charge in [0, 0.05) is 12.6 Å². The molecule has 3 aromatic rings. The lowest BCUT2D eigenvalue weighted by Gasteiger charge is -2.12. The van der Waals surface area contributed by atoms with E-state index in [9.17, 15) is 9.59 Å². The molecule has 0 bridgehead atoms.